The third-order valence-electron chi connectivity index (χ3n) is 2.63. The first-order valence-corrected chi connectivity index (χ1v) is 7.84. The molecule has 18 heavy (non-hydrogen) atoms. The Bertz CT molecular complexity index is 436. The van der Waals surface area contributed by atoms with E-state index in [1.165, 1.54) is 17.9 Å². The maximum atomic E-state index is 13.4. The van der Waals surface area contributed by atoms with E-state index in [2.05, 4.69) is 5.32 Å². The average Bonchev–Trinajstić information content (AvgIpc) is 2.37. The van der Waals surface area contributed by atoms with E-state index in [-0.39, 0.29) is 5.56 Å². The highest BCUT2D eigenvalue weighted by molar-refractivity contribution is 8.06. The molecule has 1 unspecified atom stereocenters. The van der Waals surface area contributed by atoms with Crippen LogP contribution in [0, 0.1) is 5.82 Å². The maximum absolute atomic E-state index is 13.4. The molecule has 1 aliphatic heterocycles. The molecule has 0 spiro atoms. The number of rotatable bonds is 4. The Hall–Kier alpha value is -0.880. The lowest BCUT2D eigenvalue weighted by Crippen LogP contribution is -2.24. The number of thioether (sulfide) groups is 2. The second-order valence-corrected chi connectivity index (χ2v) is 6.47. The highest BCUT2D eigenvalue weighted by atomic mass is 32.2. The molecule has 2 rings (SSSR count). The SMILES string of the molecule is O=C(O)c1c(F)cccc1NCC1CSCCS1. The van der Waals surface area contributed by atoms with E-state index in [0.717, 1.165) is 11.5 Å². The molecule has 1 aromatic carbocycles. The lowest BCUT2D eigenvalue weighted by molar-refractivity contribution is 0.0693. The Kier molecular flexibility index (Phi) is 4.77. The van der Waals surface area contributed by atoms with Gasteiger partial charge in [-0.05, 0) is 12.1 Å². The number of halogens is 1. The highest BCUT2D eigenvalue weighted by Crippen LogP contribution is 2.25. The molecule has 0 amide bonds. The van der Waals surface area contributed by atoms with Crippen molar-refractivity contribution in [3.8, 4) is 0 Å². The summed E-state index contributed by atoms with van der Waals surface area (Å²) in [5.74, 6) is 1.41. The fourth-order valence-electron chi connectivity index (χ4n) is 1.77. The molecule has 0 aromatic heterocycles. The summed E-state index contributed by atoms with van der Waals surface area (Å²) in [7, 11) is 0. The Balaban J connectivity index is 2.04. The van der Waals surface area contributed by atoms with Crippen molar-refractivity contribution in [3.63, 3.8) is 0 Å². The first-order chi connectivity index (χ1) is 8.68. The minimum Gasteiger partial charge on any atom is -0.478 e. The van der Waals surface area contributed by atoms with Crippen molar-refractivity contribution in [1.29, 1.82) is 0 Å². The zero-order chi connectivity index (χ0) is 13.0. The number of carbonyl (C=O) groups is 1. The van der Waals surface area contributed by atoms with Gasteiger partial charge in [0.05, 0.1) is 5.69 Å². The minimum atomic E-state index is -1.23. The molecule has 98 valence electrons. The van der Waals surface area contributed by atoms with Gasteiger partial charge in [-0.2, -0.15) is 23.5 Å². The molecule has 6 heteroatoms. The number of anilines is 1. The molecule has 3 nitrogen and oxygen atoms in total. The molecule has 1 aliphatic rings. The number of carboxylic acid groups (broad SMARTS) is 1. The fourth-order valence-corrected chi connectivity index (χ4v) is 4.38. The Labute approximate surface area is 114 Å². The van der Waals surface area contributed by atoms with Crippen LogP contribution in [0.4, 0.5) is 10.1 Å². The van der Waals surface area contributed by atoms with Crippen LogP contribution in [0.1, 0.15) is 10.4 Å². The summed E-state index contributed by atoms with van der Waals surface area (Å²) in [5.41, 5.74) is 0.0876. The molecular weight excluding hydrogens is 273 g/mol. The fraction of sp³-hybridized carbons (Fsp3) is 0.417. The van der Waals surface area contributed by atoms with Crippen molar-refractivity contribution in [2.24, 2.45) is 0 Å². The standard InChI is InChI=1S/C12H14FNO2S2/c13-9-2-1-3-10(11(9)12(15)16)14-6-8-7-17-4-5-18-8/h1-3,8,14H,4-7H2,(H,15,16). The monoisotopic (exact) mass is 287 g/mol. The minimum absolute atomic E-state index is 0.272. The summed E-state index contributed by atoms with van der Waals surface area (Å²) in [5, 5.41) is 12.5. The van der Waals surface area contributed by atoms with E-state index in [4.69, 9.17) is 5.11 Å². The Morgan fingerprint density at radius 2 is 2.33 bits per heavy atom. The van der Waals surface area contributed by atoms with E-state index in [9.17, 15) is 9.18 Å². The number of nitrogens with one attached hydrogen (secondary N) is 1. The van der Waals surface area contributed by atoms with Crippen LogP contribution in [0.2, 0.25) is 0 Å². The molecule has 1 aromatic rings. The van der Waals surface area contributed by atoms with Crippen molar-refractivity contribution in [1.82, 2.24) is 0 Å². The molecule has 2 N–H and O–H groups in total. The topological polar surface area (TPSA) is 49.3 Å². The van der Waals surface area contributed by atoms with Gasteiger partial charge in [-0.25, -0.2) is 9.18 Å². The molecule has 0 radical (unpaired) electrons. The number of aromatic carboxylic acids is 1. The van der Waals surface area contributed by atoms with E-state index in [1.807, 2.05) is 23.5 Å². The summed E-state index contributed by atoms with van der Waals surface area (Å²) >= 11 is 3.78. The zero-order valence-corrected chi connectivity index (χ0v) is 11.3. The van der Waals surface area contributed by atoms with Crippen LogP contribution in [0.3, 0.4) is 0 Å². The van der Waals surface area contributed by atoms with Gasteiger partial charge >= 0.3 is 5.97 Å². The lowest BCUT2D eigenvalue weighted by Gasteiger charge is -2.22. The van der Waals surface area contributed by atoms with Gasteiger partial charge in [0, 0.05) is 29.1 Å². The molecule has 1 heterocycles. The molecule has 1 fully saturated rings. The van der Waals surface area contributed by atoms with Crippen molar-refractivity contribution in [2.75, 3.05) is 29.1 Å². The zero-order valence-electron chi connectivity index (χ0n) is 9.69. The van der Waals surface area contributed by atoms with E-state index < -0.39 is 11.8 Å². The van der Waals surface area contributed by atoms with Crippen molar-refractivity contribution in [2.45, 2.75) is 5.25 Å². The Morgan fingerprint density at radius 3 is 3.00 bits per heavy atom. The molecule has 0 aliphatic carbocycles. The molecule has 0 saturated carbocycles. The summed E-state index contributed by atoms with van der Waals surface area (Å²) in [6, 6.07) is 4.29. The van der Waals surface area contributed by atoms with Crippen LogP contribution in [-0.2, 0) is 0 Å². The first-order valence-electron chi connectivity index (χ1n) is 5.63. The first kappa shape index (κ1) is 13.5. The molecule has 0 bridgehead atoms. The van der Waals surface area contributed by atoms with Gasteiger partial charge in [0.1, 0.15) is 11.4 Å². The van der Waals surface area contributed by atoms with Crippen LogP contribution in [0.5, 0.6) is 0 Å². The van der Waals surface area contributed by atoms with Gasteiger partial charge in [0.15, 0.2) is 0 Å². The number of carboxylic acids is 1. The van der Waals surface area contributed by atoms with Gasteiger partial charge in [0.25, 0.3) is 0 Å². The maximum Gasteiger partial charge on any atom is 0.340 e. The van der Waals surface area contributed by atoms with E-state index >= 15 is 0 Å². The average molecular weight is 287 g/mol. The van der Waals surface area contributed by atoms with Crippen molar-refractivity contribution in [3.05, 3.63) is 29.6 Å². The van der Waals surface area contributed by atoms with Gasteiger partial charge in [-0.15, -0.1) is 0 Å². The molecule has 1 atom stereocenters. The normalized spacial score (nSPS) is 19.5. The van der Waals surface area contributed by atoms with Crippen LogP contribution in [0.15, 0.2) is 18.2 Å². The second-order valence-electron chi connectivity index (χ2n) is 3.92. The summed E-state index contributed by atoms with van der Waals surface area (Å²) in [6.07, 6.45) is 0. The lowest BCUT2D eigenvalue weighted by atomic mass is 10.1. The Morgan fingerprint density at radius 1 is 1.50 bits per heavy atom. The van der Waals surface area contributed by atoms with Crippen molar-refractivity contribution < 1.29 is 14.3 Å². The van der Waals surface area contributed by atoms with Gasteiger partial charge in [-0.1, -0.05) is 6.07 Å². The van der Waals surface area contributed by atoms with Crippen LogP contribution in [0.25, 0.3) is 0 Å². The van der Waals surface area contributed by atoms with Crippen LogP contribution in [-0.4, -0.2) is 40.1 Å². The third kappa shape index (κ3) is 3.32. The molecular formula is C12H14FNO2S2. The number of hydrogen-bond donors (Lipinski definition) is 2. The second kappa shape index (κ2) is 6.33. The third-order valence-corrected chi connectivity index (χ3v) is 5.48. The predicted molar refractivity (Wildman–Crippen MR) is 75.4 cm³/mol. The summed E-state index contributed by atoms with van der Waals surface area (Å²) in [6.45, 7) is 0.668. The van der Waals surface area contributed by atoms with Crippen LogP contribution < -0.4 is 5.32 Å². The van der Waals surface area contributed by atoms with Gasteiger partial charge < -0.3 is 10.4 Å². The summed E-state index contributed by atoms with van der Waals surface area (Å²) in [4.78, 5) is 11.0. The molecule has 1 saturated heterocycles. The quantitative estimate of drug-likeness (QED) is 0.892. The van der Waals surface area contributed by atoms with Gasteiger partial charge in [0.2, 0.25) is 0 Å². The summed E-state index contributed by atoms with van der Waals surface area (Å²) < 4.78 is 13.4. The van der Waals surface area contributed by atoms with E-state index in [0.29, 0.717) is 17.5 Å². The highest BCUT2D eigenvalue weighted by Gasteiger charge is 2.18. The predicted octanol–water partition coefficient (Wildman–Crippen LogP) is 2.78. The number of benzene rings is 1. The van der Waals surface area contributed by atoms with Crippen molar-refractivity contribution >= 4 is 35.2 Å². The van der Waals surface area contributed by atoms with Gasteiger partial charge in [-0.3, -0.25) is 0 Å². The largest absolute Gasteiger partial charge is 0.478 e. The van der Waals surface area contributed by atoms with Crippen LogP contribution >= 0.6 is 23.5 Å². The number of hydrogen-bond acceptors (Lipinski definition) is 4. The smallest absolute Gasteiger partial charge is 0.340 e. The van der Waals surface area contributed by atoms with E-state index in [1.54, 1.807) is 6.07 Å².